The predicted octanol–water partition coefficient (Wildman–Crippen LogP) is 2.01. The van der Waals surface area contributed by atoms with E-state index in [-0.39, 0.29) is 24.7 Å². The Morgan fingerprint density at radius 3 is 3.07 bits per heavy atom. The van der Waals surface area contributed by atoms with Gasteiger partial charge in [0, 0.05) is 19.2 Å². The summed E-state index contributed by atoms with van der Waals surface area (Å²) in [6.07, 6.45) is 4.72. The molecule has 1 saturated heterocycles. The maximum absolute atomic E-state index is 14.6. The second-order valence-corrected chi connectivity index (χ2v) is 5.86. The molecule has 27 heavy (non-hydrogen) atoms. The van der Waals surface area contributed by atoms with E-state index in [1.54, 1.807) is 12.3 Å². The summed E-state index contributed by atoms with van der Waals surface area (Å²) in [5.74, 6) is -0.761. The van der Waals surface area contributed by atoms with Crippen LogP contribution in [0.1, 0.15) is 12.6 Å². The number of nitriles is 1. The molecule has 9 heteroatoms. The van der Waals surface area contributed by atoms with Crippen LogP contribution in [0.4, 0.5) is 14.9 Å². The average Bonchev–Trinajstić information content (AvgIpc) is 3.24. The highest BCUT2D eigenvalue weighted by molar-refractivity contribution is 5.90. The smallest absolute Gasteiger partial charge is 0.414 e. The molecular weight excluding hydrogens is 353 g/mol. The van der Waals surface area contributed by atoms with Gasteiger partial charge < -0.3 is 14.6 Å². The number of imidazole rings is 1. The van der Waals surface area contributed by atoms with Gasteiger partial charge in [-0.05, 0) is 24.3 Å². The largest absolute Gasteiger partial charge is 0.442 e. The van der Waals surface area contributed by atoms with Crippen LogP contribution in [0.25, 0.3) is 11.8 Å². The number of allylic oxidation sites excluding steroid dienone is 1. The lowest BCUT2D eigenvalue weighted by atomic mass is 10.2. The molecule has 3 rings (SSSR count). The number of hydrogen-bond donors (Lipinski definition) is 1. The van der Waals surface area contributed by atoms with Crippen molar-refractivity contribution < 1.29 is 18.7 Å². The molecule has 0 aliphatic carbocycles. The number of halogens is 1. The number of benzene rings is 1. The van der Waals surface area contributed by atoms with E-state index in [0.29, 0.717) is 11.4 Å². The van der Waals surface area contributed by atoms with Gasteiger partial charge in [0.1, 0.15) is 11.9 Å². The molecule has 1 fully saturated rings. The molecule has 1 atom stereocenters. The Bertz CT molecular complexity index is 947. The molecule has 2 heterocycles. The number of carbonyl (C=O) groups excluding carboxylic acids is 2. The standard InChI is InChI=1S/C18H16FN5O3/c1-12(25)21-8-15-10-24(18(26)27-15)14-4-5-17(16(19)7-14)23-9-13(22-11-23)3-2-6-20/h2-5,7,9,11,15H,8,10H2,1H3,(H,21,25)/t15-/m0/s1. The number of rotatable bonds is 5. The van der Waals surface area contributed by atoms with Crippen molar-refractivity contribution in [2.45, 2.75) is 13.0 Å². The number of cyclic esters (lactones) is 1. The Hall–Kier alpha value is -3.67. The number of hydrogen-bond acceptors (Lipinski definition) is 5. The van der Waals surface area contributed by atoms with Crippen molar-refractivity contribution in [1.29, 1.82) is 5.26 Å². The van der Waals surface area contributed by atoms with Gasteiger partial charge >= 0.3 is 6.09 Å². The maximum atomic E-state index is 14.6. The van der Waals surface area contributed by atoms with Crippen LogP contribution < -0.4 is 10.2 Å². The lowest BCUT2D eigenvalue weighted by molar-refractivity contribution is -0.119. The van der Waals surface area contributed by atoms with Gasteiger partial charge in [0.15, 0.2) is 0 Å². The zero-order valence-electron chi connectivity index (χ0n) is 14.4. The van der Waals surface area contributed by atoms with Gasteiger partial charge in [0.2, 0.25) is 5.91 Å². The van der Waals surface area contributed by atoms with E-state index in [1.807, 2.05) is 6.07 Å². The highest BCUT2D eigenvalue weighted by Gasteiger charge is 2.32. The number of carbonyl (C=O) groups is 2. The number of ether oxygens (including phenoxy) is 1. The lowest BCUT2D eigenvalue weighted by Crippen LogP contribution is -2.33. The van der Waals surface area contributed by atoms with Crippen molar-refractivity contribution in [3.63, 3.8) is 0 Å². The van der Waals surface area contributed by atoms with Crippen molar-refractivity contribution in [3.05, 3.63) is 48.3 Å². The summed E-state index contributed by atoms with van der Waals surface area (Å²) in [4.78, 5) is 28.4. The number of nitrogens with zero attached hydrogens (tertiary/aromatic N) is 4. The van der Waals surface area contributed by atoms with Crippen molar-refractivity contribution in [2.75, 3.05) is 18.0 Å². The summed E-state index contributed by atoms with van der Waals surface area (Å²) in [7, 11) is 0. The monoisotopic (exact) mass is 369 g/mol. The Morgan fingerprint density at radius 1 is 1.56 bits per heavy atom. The van der Waals surface area contributed by atoms with Gasteiger partial charge in [-0.3, -0.25) is 9.69 Å². The normalized spacial score (nSPS) is 16.4. The molecule has 2 aromatic rings. The SMILES string of the molecule is CC(=O)NC[C@H]1CN(c2ccc(-n3cnc(C=CC#N)c3)c(F)c2)C(=O)O1. The topological polar surface area (TPSA) is 100 Å². The molecule has 1 N–H and O–H groups in total. The van der Waals surface area contributed by atoms with E-state index in [0.717, 1.165) is 0 Å². The van der Waals surface area contributed by atoms with Crippen molar-refractivity contribution >= 4 is 23.8 Å². The van der Waals surface area contributed by atoms with Crippen molar-refractivity contribution in [3.8, 4) is 11.8 Å². The number of nitrogens with one attached hydrogen (secondary N) is 1. The minimum Gasteiger partial charge on any atom is -0.442 e. The number of anilines is 1. The van der Waals surface area contributed by atoms with Gasteiger partial charge in [-0.1, -0.05) is 0 Å². The molecule has 2 amide bonds. The van der Waals surface area contributed by atoms with Gasteiger partial charge in [0.25, 0.3) is 0 Å². The van der Waals surface area contributed by atoms with Crippen LogP contribution in [0.2, 0.25) is 0 Å². The second kappa shape index (κ2) is 7.70. The molecule has 8 nitrogen and oxygen atoms in total. The Morgan fingerprint density at radius 2 is 2.37 bits per heavy atom. The fraction of sp³-hybridized carbons (Fsp3) is 0.222. The highest BCUT2D eigenvalue weighted by Crippen LogP contribution is 2.25. The van der Waals surface area contributed by atoms with Gasteiger partial charge in [-0.25, -0.2) is 14.2 Å². The first-order valence-corrected chi connectivity index (χ1v) is 8.10. The summed E-state index contributed by atoms with van der Waals surface area (Å²) in [6.45, 7) is 1.79. The van der Waals surface area contributed by atoms with E-state index in [2.05, 4.69) is 10.3 Å². The Balaban J connectivity index is 1.76. The minimum atomic E-state index is -0.593. The van der Waals surface area contributed by atoms with E-state index in [9.17, 15) is 14.0 Å². The van der Waals surface area contributed by atoms with Crippen LogP contribution in [0, 0.1) is 17.1 Å². The fourth-order valence-electron chi connectivity index (χ4n) is 2.65. The Kier molecular flexibility index (Phi) is 5.17. The van der Waals surface area contributed by atoms with Crippen LogP contribution in [-0.4, -0.2) is 40.7 Å². The zero-order chi connectivity index (χ0) is 19.4. The molecule has 1 aromatic heterocycles. The lowest BCUT2D eigenvalue weighted by Gasteiger charge is -2.14. The van der Waals surface area contributed by atoms with Crippen LogP contribution in [0.3, 0.4) is 0 Å². The maximum Gasteiger partial charge on any atom is 0.414 e. The highest BCUT2D eigenvalue weighted by atomic mass is 19.1. The summed E-state index contributed by atoms with van der Waals surface area (Å²) in [5.41, 5.74) is 1.13. The minimum absolute atomic E-state index is 0.201. The number of amides is 2. The molecule has 1 aliphatic rings. The van der Waals surface area contributed by atoms with Gasteiger partial charge in [-0.15, -0.1) is 0 Å². The van der Waals surface area contributed by atoms with Crippen LogP contribution in [-0.2, 0) is 9.53 Å². The molecular formula is C18H16FN5O3. The first kappa shape index (κ1) is 18.1. The molecule has 1 aromatic carbocycles. The predicted molar refractivity (Wildman–Crippen MR) is 94.5 cm³/mol. The quantitative estimate of drug-likeness (QED) is 0.813. The molecule has 0 bridgehead atoms. The first-order chi connectivity index (χ1) is 13.0. The first-order valence-electron chi connectivity index (χ1n) is 8.10. The van der Waals surface area contributed by atoms with Crippen LogP contribution >= 0.6 is 0 Å². The molecule has 0 spiro atoms. The summed E-state index contributed by atoms with van der Waals surface area (Å²) in [5, 5.41) is 11.1. The summed E-state index contributed by atoms with van der Waals surface area (Å²) >= 11 is 0. The Labute approximate surface area is 154 Å². The second-order valence-electron chi connectivity index (χ2n) is 5.86. The third kappa shape index (κ3) is 4.12. The number of aromatic nitrogens is 2. The van der Waals surface area contributed by atoms with E-state index in [1.165, 1.54) is 47.0 Å². The van der Waals surface area contributed by atoms with Crippen molar-refractivity contribution in [2.24, 2.45) is 0 Å². The van der Waals surface area contributed by atoms with E-state index in [4.69, 9.17) is 10.00 Å². The fourth-order valence-corrected chi connectivity index (χ4v) is 2.65. The van der Waals surface area contributed by atoms with Gasteiger partial charge in [-0.2, -0.15) is 5.26 Å². The molecule has 0 saturated carbocycles. The van der Waals surface area contributed by atoms with Crippen LogP contribution in [0.15, 0.2) is 36.8 Å². The van der Waals surface area contributed by atoms with E-state index >= 15 is 0 Å². The third-order valence-electron chi connectivity index (χ3n) is 3.91. The summed E-state index contributed by atoms with van der Waals surface area (Å²) in [6, 6.07) is 6.23. The molecule has 0 radical (unpaired) electrons. The molecule has 0 unspecified atom stereocenters. The zero-order valence-corrected chi connectivity index (χ0v) is 14.4. The van der Waals surface area contributed by atoms with Gasteiger partial charge in [0.05, 0.1) is 42.6 Å². The van der Waals surface area contributed by atoms with Crippen molar-refractivity contribution in [1.82, 2.24) is 14.9 Å². The molecule has 138 valence electrons. The molecule has 1 aliphatic heterocycles. The summed E-state index contributed by atoms with van der Waals surface area (Å²) < 4.78 is 21.2. The average molecular weight is 369 g/mol. The van der Waals surface area contributed by atoms with E-state index < -0.39 is 18.0 Å². The third-order valence-corrected chi connectivity index (χ3v) is 3.91. The van der Waals surface area contributed by atoms with Crippen LogP contribution in [0.5, 0.6) is 0 Å².